The average Bonchev–Trinajstić information content (AvgIpc) is 3.06. The normalized spacial score (nSPS) is 24.2. The Labute approximate surface area is 144 Å². The molecular formula is C17H20N4O4. The molecule has 2 bridgehead atoms. The summed E-state index contributed by atoms with van der Waals surface area (Å²) in [5.74, 6) is 0.415. The fraction of sp³-hybridized carbons (Fsp3) is 0.412. The first-order valence-electron chi connectivity index (χ1n) is 8.20. The number of fused-ring (bicyclic) bond motifs is 4. The van der Waals surface area contributed by atoms with Crippen LogP contribution >= 0.6 is 0 Å². The maximum atomic E-state index is 12.6. The summed E-state index contributed by atoms with van der Waals surface area (Å²) >= 11 is 0. The lowest BCUT2D eigenvalue weighted by atomic mass is 9.84. The minimum absolute atomic E-state index is 0.159. The van der Waals surface area contributed by atoms with E-state index in [0.29, 0.717) is 22.6 Å². The molecule has 3 aliphatic rings. The van der Waals surface area contributed by atoms with E-state index >= 15 is 0 Å². The highest BCUT2D eigenvalue weighted by molar-refractivity contribution is 6.05. The number of aromatic amines is 1. The number of rotatable bonds is 3. The predicted octanol–water partition coefficient (Wildman–Crippen LogP) is 0.900. The van der Waals surface area contributed by atoms with Crippen molar-refractivity contribution in [3.63, 3.8) is 0 Å². The predicted molar refractivity (Wildman–Crippen MR) is 90.6 cm³/mol. The fourth-order valence-corrected chi connectivity index (χ4v) is 3.64. The molecule has 8 nitrogen and oxygen atoms in total. The van der Waals surface area contributed by atoms with Crippen LogP contribution in [0.1, 0.15) is 33.7 Å². The van der Waals surface area contributed by atoms with Gasteiger partial charge in [0.2, 0.25) is 0 Å². The van der Waals surface area contributed by atoms with Crippen molar-refractivity contribution in [2.75, 3.05) is 19.6 Å². The largest absolute Gasteiger partial charge is 0.483 e. The molecule has 5 rings (SSSR count). The topological polar surface area (TPSA) is 115 Å². The minimum Gasteiger partial charge on any atom is -0.483 e. The number of nitrogens with zero attached hydrogens (tertiary/aromatic N) is 2. The van der Waals surface area contributed by atoms with Gasteiger partial charge in [0.25, 0.3) is 12.4 Å². The molecule has 3 fully saturated rings. The molecule has 2 aromatic rings. The van der Waals surface area contributed by atoms with Crippen molar-refractivity contribution < 1.29 is 19.5 Å². The SMILES string of the molecule is O=CO.O=Cc1ccc2[nH]nc(C(=O)N[C@@H]3CN4CCC3CC4)c2c1. The molecule has 0 radical (unpaired) electrons. The van der Waals surface area contributed by atoms with E-state index in [2.05, 4.69) is 20.4 Å². The Morgan fingerprint density at radius 3 is 2.64 bits per heavy atom. The van der Waals surface area contributed by atoms with Crippen molar-refractivity contribution in [1.82, 2.24) is 20.4 Å². The van der Waals surface area contributed by atoms with E-state index in [1.807, 2.05) is 0 Å². The standard InChI is InChI=1S/C16H18N4O2.CH2O2/c21-9-10-1-2-13-12(7-10)15(19-18-13)16(22)17-14-8-20-5-3-11(14)4-6-20;2-1-3/h1-2,7,9,11,14H,3-6,8H2,(H,17,22)(H,18,19);1H,(H,2,3)/t14-;/m1./s1. The second-order valence-corrected chi connectivity index (χ2v) is 6.32. The molecular weight excluding hydrogens is 324 g/mol. The summed E-state index contributed by atoms with van der Waals surface area (Å²) in [7, 11) is 0. The zero-order chi connectivity index (χ0) is 17.8. The summed E-state index contributed by atoms with van der Waals surface area (Å²) in [5, 5.41) is 17.7. The Balaban J connectivity index is 0.000000569. The van der Waals surface area contributed by atoms with Gasteiger partial charge in [-0.05, 0) is 50.0 Å². The van der Waals surface area contributed by atoms with Crippen LogP contribution in [0.2, 0.25) is 0 Å². The van der Waals surface area contributed by atoms with E-state index in [1.165, 1.54) is 0 Å². The van der Waals surface area contributed by atoms with Gasteiger partial charge in [0.1, 0.15) is 6.29 Å². The van der Waals surface area contributed by atoms with Crippen molar-refractivity contribution >= 4 is 29.6 Å². The van der Waals surface area contributed by atoms with E-state index in [-0.39, 0.29) is 18.4 Å². The van der Waals surface area contributed by atoms with Crippen LogP contribution in [-0.2, 0) is 4.79 Å². The van der Waals surface area contributed by atoms with Gasteiger partial charge in [0, 0.05) is 23.5 Å². The molecule has 0 aliphatic carbocycles. The Morgan fingerprint density at radius 2 is 2.04 bits per heavy atom. The monoisotopic (exact) mass is 344 g/mol. The van der Waals surface area contributed by atoms with E-state index < -0.39 is 0 Å². The third-order valence-electron chi connectivity index (χ3n) is 4.91. The zero-order valence-corrected chi connectivity index (χ0v) is 13.6. The lowest BCUT2D eigenvalue weighted by Gasteiger charge is -2.44. The molecule has 0 spiro atoms. The summed E-state index contributed by atoms with van der Waals surface area (Å²) in [5.41, 5.74) is 1.69. The second-order valence-electron chi connectivity index (χ2n) is 6.32. The molecule has 8 heteroatoms. The average molecular weight is 344 g/mol. The molecule has 1 atom stereocenters. The summed E-state index contributed by atoms with van der Waals surface area (Å²) in [6, 6.07) is 5.40. The number of benzene rings is 1. The van der Waals surface area contributed by atoms with Crippen LogP contribution in [0.4, 0.5) is 0 Å². The fourth-order valence-electron chi connectivity index (χ4n) is 3.64. The summed E-state index contributed by atoms with van der Waals surface area (Å²) < 4.78 is 0. The van der Waals surface area contributed by atoms with Gasteiger partial charge in [-0.1, -0.05) is 0 Å². The van der Waals surface area contributed by atoms with Crippen LogP contribution in [0.15, 0.2) is 18.2 Å². The molecule has 25 heavy (non-hydrogen) atoms. The van der Waals surface area contributed by atoms with Crippen molar-refractivity contribution in [1.29, 1.82) is 0 Å². The van der Waals surface area contributed by atoms with Crippen molar-refractivity contribution in [2.45, 2.75) is 18.9 Å². The smallest absolute Gasteiger partial charge is 0.290 e. The van der Waals surface area contributed by atoms with Crippen molar-refractivity contribution in [3.8, 4) is 0 Å². The lowest BCUT2D eigenvalue weighted by molar-refractivity contribution is -0.122. The molecule has 0 unspecified atom stereocenters. The Morgan fingerprint density at radius 1 is 1.32 bits per heavy atom. The van der Waals surface area contributed by atoms with Gasteiger partial charge in [-0.25, -0.2) is 0 Å². The summed E-state index contributed by atoms with van der Waals surface area (Å²) in [4.78, 5) is 34.2. The van der Waals surface area contributed by atoms with Gasteiger partial charge in [0.15, 0.2) is 5.69 Å². The highest BCUT2D eigenvalue weighted by Crippen LogP contribution is 2.28. The first-order chi connectivity index (χ1) is 12.2. The Bertz CT molecular complexity index is 780. The Hall–Kier alpha value is -2.74. The second kappa shape index (κ2) is 7.43. The number of carboxylic acid groups (broad SMARTS) is 1. The van der Waals surface area contributed by atoms with Gasteiger partial charge < -0.3 is 15.3 Å². The number of nitrogens with one attached hydrogen (secondary N) is 2. The number of aromatic nitrogens is 2. The number of carbonyl (C=O) groups excluding carboxylic acids is 2. The van der Waals surface area contributed by atoms with Crippen LogP contribution in [-0.4, -0.2) is 64.5 Å². The number of aldehydes is 1. The van der Waals surface area contributed by atoms with Crippen LogP contribution < -0.4 is 5.32 Å². The first kappa shape index (κ1) is 17.1. The van der Waals surface area contributed by atoms with E-state index in [1.54, 1.807) is 18.2 Å². The number of hydrogen-bond donors (Lipinski definition) is 3. The van der Waals surface area contributed by atoms with Crippen LogP contribution in [0.3, 0.4) is 0 Å². The number of amides is 1. The first-order valence-corrected chi connectivity index (χ1v) is 8.20. The van der Waals surface area contributed by atoms with E-state index in [9.17, 15) is 9.59 Å². The maximum absolute atomic E-state index is 12.6. The molecule has 4 heterocycles. The van der Waals surface area contributed by atoms with Gasteiger partial charge in [-0.3, -0.25) is 19.5 Å². The number of piperidine rings is 3. The quantitative estimate of drug-likeness (QED) is 0.713. The lowest BCUT2D eigenvalue weighted by Crippen LogP contribution is -2.57. The highest BCUT2D eigenvalue weighted by atomic mass is 16.3. The van der Waals surface area contributed by atoms with Crippen LogP contribution in [0, 0.1) is 5.92 Å². The molecule has 3 N–H and O–H groups in total. The molecule has 1 aromatic heterocycles. The van der Waals surface area contributed by atoms with E-state index in [4.69, 9.17) is 9.90 Å². The van der Waals surface area contributed by atoms with E-state index in [0.717, 1.165) is 44.3 Å². The van der Waals surface area contributed by atoms with Gasteiger partial charge in [0.05, 0.1) is 5.52 Å². The van der Waals surface area contributed by atoms with Crippen LogP contribution in [0.5, 0.6) is 0 Å². The Kier molecular flexibility index (Phi) is 5.08. The minimum atomic E-state index is -0.250. The van der Waals surface area contributed by atoms with Gasteiger partial charge >= 0.3 is 0 Å². The maximum Gasteiger partial charge on any atom is 0.290 e. The molecule has 1 amide bonds. The molecule has 3 aliphatic heterocycles. The third kappa shape index (κ3) is 3.53. The highest BCUT2D eigenvalue weighted by Gasteiger charge is 2.35. The number of hydrogen-bond acceptors (Lipinski definition) is 5. The summed E-state index contributed by atoms with van der Waals surface area (Å²) in [6.45, 7) is 2.97. The zero-order valence-electron chi connectivity index (χ0n) is 13.6. The van der Waals surface area contributed by atoms with Gasteiger partial charge in [-0.2, -0.15) is 5.10 Å². The number of H-pyrrole nitrogens is 1. The molecule has 1 aromatic carbocycles. The van der Waals surface area contributed by atoms with Gasteiger partial charge in [-0.15, -0.1) is 0 Å². The third-order valence-corrected chi connectivity index (χ3v) is 4.91. The molecule has 3 saturated heterocycles. The molecule has 0 saturated carbocycles. The summed E-state index contributed by atoms with van der Waals surface area (Å²) in [6.07, 6.45) is 3.09. The van der Waals surface area contributed by atoms with Crippen molar-refractivity contribution in [2.24, 2.45) is 5.92 Å². The number of carbonyl (C=O) groups is 3. The molecule has 132 valence electrons. The van der Waals surface area contributed by atoms with Crippen molar-refractivity contribution in [3.05, 3.63) is 29.5 Å². The van der Waals surface area contributed by atoms with Crippen LogP contribution in [0.25, 0.3) is 10.9 Å².